The van der Waals surface area contributed by atoms with Crippen LogP contribution in [-0.4, -0.2) is 43.6 Å². The minimum atomic E-state index is 0.288. The molecule has 3 N–H and O–H groups in total. The lowest BCUT2D eigenvalue weighted by molar-refractivity contribution is 0.162. The summed E-state index contributed by atoms with van der Waals surface area (Å²) < 4.78 is 5.39. The number of amidine groups is 1. The van der Waals surface area contributed by atoms with Crippen molar-refractivity contribution in [3.8, 4) is 0 Å². The van der Waals surface area contributed by atoms with Crippen LogP contribution in [0.2, 0.25) is 0 Å². The summed E-state index contributed by atoms with van der Waals surface area (Å²) in [7, 11) is 0. The van der Waals surface area contributed by atoms with Crippen LogP contribution in [-0.2, 0) is 4.74 Å². The van der Waals surface area contributed by atoms with Crippen LogP contribution in [0.25, 0.3) is 0 Å². The van der Waals surface area contributed by atoms with Crippen molar-refractivity contribution in [3.63, 3.8) is 0 Å². The molecule has 4 heteroatoms. The summed E-state index contributed by atoms with van der Waals surface area (Å²) in [5.41, 5.74) is 5.41. The monoisotopic (exact) mass is 227 g/mol. The van der Waals surface area contributed by atoms with E-state index in [1.807, 2.05) is 0 Å². The van der Waals surface area contributed by atoms with Gasteiger partial charge in [-0.15, -0.1) is 0 Å². The number of nitrogens with zero attached hydrogens (tertiary/aromatic N) is 1. The summed E-state index contributed by atoms with van der Waals surface area (Å²) in [5, 5.41) is 7.28. The molecule has 4 nitrogen and oxygen atoms in total. The Morgan fingerprint density at radius 2 is 2.31 bits per heavy atom. The summed E-state index contributed by atoms with van der Waals surface area (Å²) in [5.74, 6) is 1.62. The Kier molecular flexibility index (Phi) is 5.77. The third-order valence-electron chi connectivity index (χ3n) is 2.86. The molecule has 1 heterocycles. The van der Waals surface area contributed by atoms with Crippen LogP contribution in [0.5, 0.6) is 0 Å². The highest BCUT2D eigenvalue weighted by molar-refractivity contribution is 5.76. The van der Waals surface area contributed by atoms with Gasteiger partial charge >= 0.3 is 0 Å². The zero-order chi connectivity index (χ0) is 12.0. The highest BCUT2D eigenvalue weighted by Gasteiger charge is 2.19. The van der Waals surface area contributed by atoms with Gasteiger partial charge in [-0.25, -0.2) is 0 Å². The minimum Gasteiger partial charge on any atom is -0.388 e. The zero-order valence-corrected chi connectivity index (χ0v) is 10.5. The minimum absolute atomic E-state index is 0.288. The maximum Gasteiger partial charge on any atom is 0.0918 e. The van der Waals surface area contributed by atoms with E-state index >= 15 is 0 Å². The molecule has 1 aliphatic heterocycles. The second kappa shape index (κ2) is 6.86. The lowest BCUT2D eigenvalue weighted by Gasteiger charge is -2.26. The number of nitrogens with one attached hydrogen (secondary N) is 1. The Labute approximate surface area is 98.6 Å². The Hall–Kier alpha value is -0.610. The number of rotatable bonds is 7. The highest BCUT2D eigenvalue weighted by atomic mass is 16.5. The van der Waals surface area contributed by atoms with Crippen molar-refractivity contribution in [2.45, 2.75) is 26.7 Å². The van der Waals surface area contributed by atoms with E-state index in [0.717, 1.165) is 32.8 Å². The van der Waals surface area contributed by atoms with Crippen molar-refractivity contribution in [1.29, 1.82) is 5.41 Å². The first-order chi connectivity index (χ1) is 7.58. The molecule has 94 valence electrons. The molecule has 1 aliphatic rings. The summed E-state index contributed by atoms with van der Waals surface area (Å²) in [6.07, 6.45) is 1.86. The van der Waals surface area contributed by atoms with Crippen LogP contribution in [0.15, 0.2) is 0 Å². The predicted octanol–water partition coefficient (Wildman–Crippen LogP) is 1.31. The van der Waals surface area contributed by atoms with Gasteiger partial charge < -0.3 is 15.4 Å². The number of hydrogen-bond acceptors (Lipinski definition) is 3. The molecule has 1 rings (SSSR count). The molecule has 0 spiro atoms. The van der Waals surface area contributed by atoms with Crippen LogP contribution in [0.3, 0.4) is 0 Å². The standard InChI is InChI=1S/C12H25N3O/c1-10(2)7-15(5-3-12(13)14)8-11-4-6-16-9-11/h10-11H,3-9H2,1-2H3,(H3,13,14). The molecular formula is C12H25N3O. The van der Waals surface area contributed by atoms with Gasteiger partial charge in [0.25, 0.3) is 0 Å². The first-order valence-electron chi connectivity index (χ1n) is 6.21. The van der Waals surface area contributed by atoms with E-state index in [9.17, 15) is 0 Å². The zero-order valence-electron chi connectivity index (χ0n) is 10.5. The second-order valence-corrected chi connectivity index (χ2v) is 5.16. The fraction of sp³-hybridized carbons (Fsp3) is 0.917. The van der Waals surface area contributed by atoms with Crippen molar-refractivity contribution in [3.05, 3.63) is 0 Å². The topological polar surface area (TPSA) is 62.3 Å². The maximum atomic E-state index is 7.28. The molecule has 16 heavy (non-hydrogen) atoms. The predicted molar refractivity (Wildman–Crippen MR) is 66.7 cm³/mol. The van der Waals surface area contributed by atoms with E-state index in [1.54, 1.807) is 0 Å². The maximum absolute atomic E-state index is 7.28. The van der Waals surface area contributed by atoms with Crippen LogP contribution < -0.4 is 5.73 Å². The first-order valence-corrected chi connectivity index (χ1v) is 6.21. The van der Waals surface area contributed by atoms with Gasteiger partial charge in [0.1, 0.15) is 0 Å². The Morgan fingerprint density at radius 1 is 1.56 bits per heavy atom. The van der Waals surface area contributed by atoms with E-state index < -0.39 is 0 Å². The van der Waals surface area contributed by atoms with Crippen molar-refractivity contribution in [2.75, 3.05) is 32.8 Å². The molecule has 0 radical (unpaired) electrons. The van der Waals surface area contributed by atoms with E-state index in [1.165, 1.54) is 6.42 Å². The molecule has 0 aromatic carbocycles. The van der Waals surface area contributed by atoms with Crippen molar-refractivity contribution >= 4 is 5.84 Å². The molecule has 0 aromatic heterocycles. The molecule has 1 saturated heterocycles. The van der Waals surface area contributed by atoms with E-state index in [2.05, 4.69) is 18.7 Å². The van der Waals surface area contributed by atoms with Crippen LogP contribution in [0.4, 0.5) is 0 Å². The SMILES string of the molecule is CC(C)CN(CCC(=N)N)CC1CCOC1. The smallest absolute Gasteiger partial charge is 0.0918 e. The third kappa shape index (κ3) is 5.47. The molecule has 0 amide bonds. The Bertz CT molecular complexity index is 212. The molecule has 0 aliphatic carbocycles. The molecule has 0 bridgehead atoms. The van der Waals surface area contributed by atoms with Crippen molar-refractivity contribution < 1.29 is 4.74 Å². The Balaban J connectivity index is 2.32. The number of hydrogen-bond donors (Lipinski definition) is 2. The summed E-state index contributed by atoms with van der Waals surface area (Å²) in [4.78, 5) is 2.42. The van der Waals surface area contributed by atoms with E-state index in [4.69, 9.17) is 15.9 Å². The lowest BCUT2D eigenvalue weighted by atomic mass is 10.1. The number of ether oxygens (including phenoxy) is 1. The summed E-state index contributed by atoms with van der Waals surface area (Å²) in [6, 6.07) is 0. The Morgan fingerprint density at radius 3 is 2.81 bits per heavy atom. The molecule has 0 saturated carbocycles. The quantitative estimate of drug-likeness (QED) is 0.509. The summed E-state index contributed by atoms with van der Waals surface area (Å²) >= 11 is 0. The molecule has 1 fully saturated rings. The third-order valence-corrected chi connectivity index (χ3v) is 2.86. The largest absolute Gasteiger partial charge is 0.388 e. The van der Waals surface area contributed by atoms with Gasteiger partial charge in [0.15, 0.2) is 0 Å². The molecule has 0 aromatic rings. The van der Waals surface area contributed by atoms with Gasteiger partial charge in [-0.2, -0.15) is 0 Å². The van der Waals surface area contributed by atoms with Crippen LogP contribution >= 0.6 is 0 Å². The van der Waals surface area contributed by atoms with Gasteiger partial charge in [-0.05, 0) is 18.3 Å². The average Bonchev–Trinajstić information content (AvgIpc) is 2.66. The van der Waals surface area contributed by atoms with Gasteiger partial charge in [0, 0.05) is 32.7 Å². The lowest BCUT2D eigenvalue weighted by Crippen LogP contribution is -2.35. The fourth-order valence-corrected chi connectivity index (χ4v) is 2.14. The number of nitrogens with two attached hydrogens (primary N) is 1. The second-order valence-electron chi connectivity index (χ2n) is 5.16. The van der Waals surface area contributed by atoms with E-state index in [-0.39, 0.29) is 5.84 Å². The fourth-order valence-electron chi connectivity index (χ4n) is 2.14. The van der Waals surface area contributed by atoms with Crippen molar-refractivity contribution in [1.82, 2.24) is 4.90 Å². The van der Waals surface area contributed by atoms with Gasteiger partial charge in [0.05, 0.1) is 12.4 Å². The van der Waals surface area contributed by atoms with Crippen LogP contribution in [0.1, 0.15) is 26.7 Å². The van der Waals surface area contributed by atoms with Gasteiger partial charge in [-0.3, -0.25) is 5.41 Å². The molecular weight excluding hydrogens is 202 g/mol. The molecule has 1 unspecified atom stereocenters. The van der Waals surface area contributed by atoms with Crippen LogP contribution in [0, 0.1) is 17.2 Å². The average molecular weight is 227 g/mol. The van der Waals surface area contributed by atoms with Gasteiger partial charge in [-0.1, -0.05) is 13.8 Å². The van der Waals surface area contributed by atoms with E-state index in [0.29, 0.717) is 18.3 Å². The highest BCUT2D eigenvalue weighted by Crippen LogP contribution is 2.15. The van der Waals surface area contributed by atoms with Gasteiger partial charge in [0.2, 0.25) is 0 Å². The summed E-state index contributed by atoms with van der Waals surface area (Å²) in [6.45, 7) is 9.35. The first kappa shape index (κ1) is 13.5. The normalized spacial score (nSPS) is 20.9. The molecule has 1 atom stereocenters. The van der Waals surface area contributed by atoms with Crippen molar-refractivity contribution in [2.24, 2.45) is 17.6 Å².